The first-order valence-corrected chi connectivity index (χ1v) is 15.0. The number of unbranched alkanes of at least 4 members (excludes halogenated alkanes) is 1. The number of aromatic nitrogens is 3. The zero-order valence-electron chi connectivity index (χ0n) is 23.2. The van der Waals surface area contributed by atoms with Gasteiger partial charge < -0.3 is 20.5 Å². The summed E-state index contributed by atoms with van der Waals surface area (Å²) in [6.07, 6.45) is 10.7. The van der Waals surface area contributed by atoms with Crippen LogP contribution in [0, 0.1) is 0 Å². The summed E-state index contributed by atoms with van der Waals surface area (Å²) in [4.78, 5) is 15.2. The van der Waals surface area contributed by atoms with Crippen LogP contribution in [0.4, 0.5) is 0 Å². The van der Waals surface area contributed by atoms with Crippen molar-refractivity contribution < 1.29 is 0 Å². The Morgan fingerprint density at radius 3 is 2.72 bits per heavy atom. The number of benzene rings is 1. The van der Waals surface area contributed by atoms with Gasteiger partial charge in [-0.1, -0.05) is 24.3 Å². The molecular formula is C32H43N7. The minimum atomic E-state index is 0.329. The van der Waals surface area contributed by atoms with E-state index in [9.17, 15) is 0 Å². The molecule has 4 aromatic rings. The van der Waals surface area contributed by atoms with Crippen LogP contribution in [-0.2, 0) is 19.5 Å². The Bertz CT molecular complexity index is 1370. The minimum absolute atomic E-state index is 0.329. The number of hydrogen-bond donors (Lipinski definition) is 2. The van der Waals surface area contributed by atoms with Gasteiger partial charge in [-0.15, -0.1) is 0 Å². The third-order valence-electron chi connectivity index (χ3n) is 8.68. The summed E-state index contributed by atoms with van der Waals surface area (Å²) in [7, 11) is 0. The Hall–Kier alpha value is -2.84. The second-order valence-corrected chi connectivity index (χ2v) is 11.2. The van der Waals surface area contributed by atoms with Gasteiger partial charge in [-0.3, -0.25) is 14.9 Å². The summed E-state index contributed by atoms with van der Waals surface area (Å²) in [5.41, 5.74) is 12.4. The third-order valence-corrected chi connectivity index (χ3v) is 8.68. The predicted molar refractivity (Wildman–Crippen MR) is 160 cm³/mol. The van der Waals surface area contributed by atoms with Crippen molar-refractivity contribution in [3.05, 3.63) is 71.8 Å². The molecule has 1 aliphatic heterocycles. The van der Waals surface area contributed by atoms with Crippen LogP contribution in [0.2, 0.25) is 0 Å². The lowest BCUT2D eigenvalue weighted by Crippen LogP contribution is -2.43. The zero-order valence-corrected chi connectivity index (χ0v) is 23.2. The van der Waals surface area contributed by atoms with Crippen LogP contribution in [0.3, 0.4) is 0 Å². The quantitative estimate of drug-likeness (QED) is 0.281. The van der Waals surface area contributed by atoms with Crippen molar-refractivity contribution in [2.45, 2.75) is 57.7 Å². The van der Waals surface area contributed by atoms with Gasteiger partial charge in [0.05, 0.1) is 22.9 Å². The van der Waals surface area contributed by atoms with Crippen molar-refractivity contribution in [3.63, 3.8) is 0 Å². The van der Waals surface area contributed by atoms with Crippen molar-refractivity contribution in [2.24, 2.45) is 5.73 Å². The molecule has 2 aliphatic rings. The van der Waals surface area contributed by atoms with Crippen LogP contribution in [0.1, 0.15) is 55.1 Å². The van der Waals surface area contributed by atoms with Crippen LogP contribution >= 0.6 is 0 Å². The molecule has 3 N–H and O–H groups in total. The number of rotatable bonds is 11. The lowest BCUT2D eigenvalue weighted by Gasteiger charge is -2.35. The van der Waals surface area contributed by atoms with Crippen molar-refractivity contribution in [1.29, 1.82) is 0 Å². The van der Waals surface area contributed by atoms with E-state index in [0.29, 0.717) is 6.04 Å². The smallest absolute Gasteiger partial charge is 0.0786 e. The van der Waals surface area contributed by atoms with Gasteiger partial charge in [0, 0.05) is 68.0 Å². The van der Waals surface area contributed by atoms with E-state index >= 15 is 0 Å². The first-order valence-electron chi connectivity index (χ1n) is 15.0. The Labute approximate surface area is 232 Å². The first kappa shape index (κ1) is 26.4. The Kier molecular flexibility index (Phi) is 8.50. The van der Waals surface area contributed by atoms with Gasteiger partial charge in [0.25, 0.3) is 0 Å². The molecule has 0 saturated carbocycles. The molecule has 3 aromatic heterocycles. The number of hydrogen-bond acceptors (Lipinski definition) is 6. The summed E-state index contributed by atoms with van der Waals surface area (Å²) in [6, 6.07) is 15.8. The first-order chi connectivity index (χ1) is 19.3. The maximum absolute atomic E-state index is 5.91. The fraction of sp³-hybridized carbons (Fsp3) is 0.500. The molecule has 1 saturated heterocycles. The Morgan fingerprint density at radius 1 is 0.923 bits per heavy atom. The van der Waals surface area contributed by atoms with Gasteiger partial charge >= 0.3 is 0 Å². The van der Waals surface area contributed by atoms with E-state index in [-0.39, 0.29) is 0 Å². The zero-order chi connectivity index (χ0) is 26.4. The van der Waals surface area contributed by atoms with Crippen LogP contribution in [0.15, 0.2) is 54.9 Å². The number of nitrogens with two attached hydrogens (primary N) is 1. The highest BCUT2D eigenvalue weighted by Gasteiger charge is 2.28. The van der Waals surface area contributed by atoms with Gasteiger partial charge in [0.2, 0.25) is 0 Å². The number of fused-ring (bicyclic) bond motifs is 4. The number of pyridine rings is 2. The molecule has 1 fully saturated rings. The molecular weight excluding hydrogens is 482 g/mol. The maximum Gasteiger partial charge on any atom is 0.0786 e. The molecule has 39 heavy (non-hydrogen) atoms. The molecule has 0 radical (unpaired) electrons. The molecule has 1 aromatic carbocycles. The number of nitrogens with zero attached hydrogens (tertiary/aromatic N) is 5. The number of para-hydroxylation sites is 1. The number of nitrogens with one attached hydrogen (secondary N) is 1. The van der Waals surface area contributed by atoms with Crippen molar-refractivity contribution in [2.75, 3.05) is 45.8 Å². The van der Waals surface area contributed by atoms with E-state index in [1.807, 2.05) is 12.4 Å². The van der Waals surface area contributed by atoms with Gasteiger partial charge in [0.1, 0.15) is 0 Å². The van der Waals surface area contributed by atoms with Crippen molar-refractivity contribution in [1.82, 2.24) is 29.7 Å². The average molecular weight is 526 g/mol. The molecule has 0 bridgehead atoms. The van der Waals surface area contributed by atoms with Crippen molar-refractivity contribution >= 4 is 21.8 Å². The standard InChI is InChI=1S/C32H43N7/c33-14-3-4-20-38(30-12-5-8-25-9-6-15-36-31(25)30)24-28-32-27(13-16-35-28)26-10-1-2-11-29(26)39(32)21-7-19-37-22-17-34-18-23-37/h1-2,6,9-11,13,15-16,30,34H,3-5,7-8,12,14,17-24,33H2/t30-/m0/s1. The van der Waals surface area contributed by atoms with E-state index in [1.54, 1.807) is 0 Å². The highest BCUT2D eigenvalue weighted by atomic mass is 15.2. The molecule has 1 aliphatic carbocycles. The van der Waals surface area contributed by atoms with E-state index in [4.69, 9.17) is 15.7 Å². The number of aryl methyl sites for hydroxylation is 2. The molecule has 4 heterocycles. The van der Waals surface area contributed by atoms with Gasteiger partial charge in [-0.25, -0.2) is 0 Å². The monoisotopic (exact) mass is 525 g/mol. The van der Waals surface area contributed by atoms with Crippen LogP contribution in [0.5, 0.6) is 0 Å². The summed E-state index contributed by atoms with van der Waals surface area (Å²) in [5, 5.41) is 6.13. The molecule has 7 heteroatoms. The highest BCUT2D eigenvalue weighted by molar-refractivity contribution is 6.08. The SMILES string of the molecule is NCCCCN(Cc1nccc2c3ccccc3n(CCCN3CCNCC3)c12)[C@H]1CCCc2cccnc21. The molecule has 0 amide bonds. The molecule has 6 rings (SSSR count). The van der Waals surface area contributed by atoms with E-state index < -0.39 is 0 Å². The number of piperazine rings is 1. The molecule has 7 nitrogen and oxygen atoms in total. The molecule has 0 unspecified atom stereocenters. The summed E-state index contributed by atoms with van der Waals surface area (Å²) < 4.78 is 2.56. The fourth-order valence-corrected chi connectivity index (χ4v) is 6.75. The lowest BCUT2D eigenvalue weighted by atomic mass is 9.90. The summed E-state index contributed by atoms with van der Waals surface area (Å²) >= 11 is 0. The van der Waals surface area contributed by atoms with Gasteiger partial charge in [0.15, 0.2) is 0 Å². The van der Waals surface area contributed by atoms with Crippen molar-refractivity contribution in [3.8, 4) is 0 Å². The minimum Gasteiger partial charge on any atom is -0.339 e. The predicted octanol–water partition coefficient (Wildman–Crippen LogP) is 4.50. The van der Waals surface area contributed by atoms with Crippen LogP contribution < -0.4 is 11.1 Å². The summed E-state index contributed by atoms with van der Waals surface area (Å²) in [5.74, 6) is 0. The molecule has 1 atom stereocenters. The van der Waals surface area contributed by atoms with E-state index in [2.05, 4.69) is 62.1 Å². The molecule has 0 spiro atoms. The van der Waals surface area contributed by atoms with E-state index in [1.165, 1.54) is 45.2 Å². The Morgan fingerprint density at radius 2 is 1.82 bits per heavy atom. The maximum atomic E-state index is 5.91. The normalized spacial score (nSPS) is 18.3. The fourth-order valence-electron chi connectivity index (χ4n) is 6.75. The second-order valence-electron chi connectivity index (χ2n) is 11.2. The summed E-state index contributed by atoms with van der Waals surface area (Å²) in [6.45, 7) is 9.22. The molecule has 206 valence electrons. The van der Waals surface area contributed by atoms with Gasteiger partial charge in [-0.2, -0.15) is 0 Å². The largest absolute Gasteiger partial charge is 0.339 e. The van der Waals surface area contributed by atoms with E-state index in [0.717, 1.165) is 91.0 Å². The van der Waals surface area contributed by atoms with Gasteiger partial charge in [-0.05, 0) is 81.9 Å². The third kappa shape index (κ3) is 5.73. The lowest BCUT2D eigenvalue weighted by molar-refractivity contribution is 0.161. The van der Waals surface area contributed by atoms with Crippen LogP contribution in [-0.4, -0.2) is 70.1 Å². The Balaban J connectivity index is 1.34. The van der Waals surface area contributed by atoms with Crippen LogP contribution in [0.25, 0.3) is 21.8 Å². The highest BCUT2D eigenvalue weighted by Crippen LogP contribution is 2.36. The second kappa shape index (κ2) is 12.6. The topological polar surface area (TPSA) is 75.2 Å². The average Bonchev–Trinajstić information content (AvgIpc) is 3.31.